The molecule has 5 heteroatoms. The van der Waals surface area contributed by atoms with Crippen LogP contribution in [0.4, 0.5) is 8.78 Å². The van der Waals surface area contributed by atoms with Gasteiger partial charge in [-0.15, -0.1) is 0 Å². The van der Waals surface area contributed by atoms with Gasteiger partial charge in [0.05, 0.1) is 25.4 Å². The molecule has 1 N–H and O–H groups in total. The molecule has 0 unspecified atom stereocenters. The third-order valence-electron chi connectivity index (χ3n) is 3.00. The summed E-state index contributed by atoms with van der Waals surface area (Å²) in [6, 6.07) is 2.84. The number of methoxy groups -OCH3 is 2. The maximum Gasteiger partial charge on any atom is 0.267 e. The summed E-state index contributed by atoms with van der Waals surface area (Å²) < 4.78 is 35.8. The van der Waals surface area contributed by atoms with E-state index in [1.54, 1.807) is 6.07 Å². The number of alkyl halides is 2. The van der Waals surface area contributed by atoms with E-state index < -0.39 is 12.0 Å². The Balaban J connectivity index is 2.55. The molecule has 1 aliphatic rings. The second kappa shape index (κ2) is 4.14. The molecule has 0 bridgehead atoms. The fourth-order valence-electron chi connectivity index (χ4n) is 1.83. The molecule has 0 saturated heterocycles. The molecule has 0 aliphatic heterocycles. The third kappa shape index (κ3) is 2.07. The van der Waals surface area contributed by atoms with Gasteiger partial charge < -0.3 is 14.6 Å². The van der Waals surface area contributed by atoms with E-state index in [9.17, 15) is 13.9 Å². The van der Waals surface area contributed by atoms with Crippen molar-refractivity contribution in [1.29, 1.82) is 0 Å². The van der Waals surface area contributed by atoms with Gasteiger partial charge in [-0.25, -0.2) is 8.78 Å². The zero-order valence-corrected chi connectivity index (χ0v) is 9.67. The van der Waals surface area contributed by atoms with Crippen molar-refractivity contribution < 1.29 is 23.4 Å². The predicted octanol–water partition coefficient (Wildman–Crippen LogP) is 2.62. The number of hydrogen-bond acceptors (Lipinski definition) is 3. The van der Waals surface area contributed by atoms with Crippen molar-refractivity contribution in [2.45, 2.75) is 24.9 Å². The lowest BCUT2D eigenvalue weighted by molar-refractivity contribution is 0.140. The van der Waals surface area contributed by atoms with Crippen molar-refractivity contribution in [2.75, 3.05) is 14.2 Å². The van der Waals surface area contributed by atoms with Gasteiger partial charge in [0, 0.05) is 0 Å². The van der Waals surface area contributed by atoms with Crippen LogP contribution in [-0.4, -0.2) is 19.3 Å². The van der Waals surface area contributed by atoms with Crippen molar-refractivity contribution in [3.05, 3.63) is 23.3 Å². The summed E-state index contributed by atoms with van der Waals surface area (Å²) in [5.74, 6) is 0.246. The molecule has 1 aromatic rings. The molecule has 1 aromatic carbocycles. The van der Waals surface area contributed by atoms with E-state index in [1.807, 2.05) is 0 Å². The van der Waals surface area contributed by atoms with Crippen LogP contribution in [0.1, 0.15) is 30.4 Å². The SMILES string of the molecule is COc1cc(C2(O)CC2)cc(C(F)F)c1OC. The monoisotopic (exact) mass is 244 g/mol. The van der Waals surface area contributed by atoms with Gasteiger partial charge in [0.2, 0.25) is 0 Å². The molecule has 94 valence electrons. The Morgan fingerprint density at radius 1 is 1.24 bits per heavy atom. The summed E-state index contributed by atoms with van der Waals surface area (Å²) >= 11 is 0. The Morgan fingerprint density at radius 3 is 2.29 bits per heavy atom. The number of aliphatic hydroxyl groups is 1. The molecule has 0 amide bonds. The smallest absolute Gasteiger partial charge is 0.267 e. The topological polar surface area (TPSA) is 38.7 Å². The Hall–Kier alpha value is -1.36. The first-order chi connectivity index (χ1) is 8.01. The average molecular weight is 244 g/mol. The largest absolute Gasteiger partial charge is 0.493 e. The van der Waals surface area contributed by atoms with E-state index in [2.05, 4.69) is 0 Å². The van der Waals surface area contributed by atoms with E-state index in [4.69, 9.17) is 9.47 Å². The van der Waals surface area contributed by atoms with Gasteiger partial charge >= 0.3 is 0 Å². The van der Waals surface area contributed by atoms with E-state index in [0.717, 1.165) is 0 Å². The minimum absolute atomic E-state index is 0.0236. The van der Waals surface area contributed by atoms with Crippen molar-refractivity contribution in [2.24, 2.45) is 0 Å². The van der Waals surface area contributed by atoms with Gasteiger partial charge in [-0.1, -0.05) is 0 Å². The second-order valence-electron chi connectivity index (χ2n) is 4.13. The second-order valence-corrected chi connectivity index (χ2v) is 4.13. The molecule has 1 saturated carbocycles. The van der Waals surface area contributed by atoms with Crippen molar-refractivity contribution in [3.63, 3.8) is 0 Å². The van der Waals surface area contributed by atoms with Crippen LogP contribution < -0.4 is 9.47 Å². The number of benzene rings is 1. The average Bonchev–Trinajstić information content (AvgIpc) is 3.06. The predicted molar refractivity (Wildman–Crippen MR) is 57.6 cm³/mol. The van der Waals surface area contributed by atoms with Crippen LogP contribution in [0.3, 0.4) is 0 Å². The quantitative estimate of drug-likeness (QED) is 0.884. The fraction of sp³-hybridized carbons (Fsp3) is 0.500. The highest BCUT2D eigenvalue weighted by Crippen LogP contribution is 2.49. The van der Waals surface area contributed by atoms with Gasteiger partial charge in [-0.05, 0) is 30.5 Å². The van der Waals surface area contributed by atoms with Crippen LogP contribution in [0.15, 0.2) is 12.1 Å². The summed E-state index contributed by atoms with van der Waals surface area (Å²) in [6.07, 6.45) is -1.49. The van der Waals surface area contributed by atoms with Gasteiger partial charge in [-0.2, -0.15) is 0 Å². The standard InChI is InChI=1S/C12H14F2O3/c1-16-9-6-7(12(15)3-4-12)5-8(11(13)14)10(9)17-2/h5-6,11,15H,3-4H2,1-2H3. The van der Waals surface area contributed by atoms with Crippen LogP contribution in [0.25, 0.3) is 0 Å². The number of ether oxygens (including phenoxy) is 2. The highest BCUT2D eigenvalue weighted by Gasteiger charge is 2.43. The first-order valence-electron chi connectivity index (χ1n) is 5.29. The molecule has 1 fully saturated rings. The maximum absolute atomic E-state index is 12.9. The van der Waals surface area contributed by atoms with Gasteiger partial charge in [0.1, 0.15) is 0 Å². The normalized spacial score (nSPS) is 17.1. The lowest BCUT2D eigenvalue weighted by atomic mass is 10.0. The van der Waals surface area contributed by atoms with Crippen LogP contribution >= 0.6 is 0 Å². The summed E-state index contributed by atoms with van der Waals surface area (Å²) in [7, 11) is 2.70. The fourth-order valence-corrected chi connectivity index (χ4v) is 1.83. The van der Waals surface area contributed by atoms with E-state index in [0.29, 0.717) is 18.4 Å². The summed E-state index contributed by atoms with van der Waals surface area (Å²) in [4.78, 5) is 0. The zero-order valence-electron chi connectivity index (χ0n) is 9.67. The van der Waals surface area contributed by atoms with Gasteiger partial charge in [0.25, 0.3) is 6.43 Å². The Morgan fingerprint density at radius 2 is 1.88 bits per heavy atom. The molecule has 1 aliphatic carbocycles. The molecule has 0 heterocycles. The molecule has 3 nitrogen and oxygen atoms in total. The lowest BCUT2D eigenvalue weighted by Gasteiger charge is -2.17. The number of halogens is 2. The first-order valence-corrected chi connectivity index (χ1v) is 5.29. The summed E-state index contributed by atoms with van der Waals surface area (Å²) in [6.45, 7) is 0. The molecule has 0 radical (unpaired) electrons. The number of rotatable bonds is 4. The summed E-state index contributed by atoms with van der Waals surface area (Å²) in [5.41, 5.74) is -0.754. The first kappa shape index (κ1) is 12.1. The molecule has 0 spiro atoms. The molecule has 0 aromatic heterocycles. The minimum Gasteiger partial charge on any atom is -0.493 e. The van der Waals surface area contributed by atoms with Crippen molar-refractivity contribution in [1.82, 2.24) is 0 Å². The van der Waals surface area contributed by atoms with E-state index in [-0.39, 0.29) is 17.1 Å². The highest BCUT2D eigenvalue weighted by molar-refractivity contribution is 5.52. The summed E-state index contributed by atoms with van der Waals surface area (Å²) in [5, 5.41) is 9.95. The van der Waals surface area contributed by atoms with Gasteiger partial charge in [-0.3, -0.25) is 0 Å². The molecule has 17 heavy (non-hydrogen) atoms. The van der Waals surface area contributed by atoms with Crippen LogP contribution in [0.5, 0.6) is 11.5 Å². The molecule has 2 rings (SSSR count). The van der Waals surface area contributed by atoms with E-state index in [1.165, 1.54) is 20.3 Å². The third-order valence-corrected chi connectivity index (χ3v) is 3.00. The molecule has 0 atom stereocenters. The Labute approximate surface area is 98.0 Å². The molecular formula is C12H14F2O3. The van der Waals surface area contributed by atoms with Crippen molar-refractivity contribution in [3.8, 4) is 11.5 Å². The maximum atomic E-state index is 12.9. The van der Waals surface area contributed by atoms with Crippen LogP contribution in [0.2, 0.25) is 0 Å². The number of hydrogen-bond donors (Lipinski definition) is 1. The van der Waals surface area contributed by atoms with E-state index >= 15 is 0 Å². The minimum atomic E-state index is -2.67. The molecular weight excluding hydrogens is 230 g/mol. The van der Waals surface area contributed by atoms with Crippen molar-refractivity contribution >= 4 is 0 Å². The zero-order chi connectivity index (χ0) is 12.6. The van der Waals surface area contributed by atoms with Crippen LogP contribution in [0, 0.1) is 0 Å². The Bertz CT molecular complexity index is 428. The van der Waals surface area contributed by atoms with Gasteiger partial charge in [0.15, 0.2) is 11.5 Å². The van der Waals surface area contributed by atoms with Crippen LogP contribution in [-0.2, 0) is 5.60 Å². The lowest BCUT2D eigenvalue weighted by Crippen LogP contribution is -2.07. The Kier molecular flexibility index (Phi) is 2.95. The highest BCUT2D eigenvalue weighted by atomic mass is 19.3.